The van der Waals surface area contributed by atoms with E-state index < -0.39 is 5.97 Å². The van der Waals surface area contributed by atoms with Crippen LogP contribution in [0.5, 0.6) is 0 Å². The molecule has 1 aromatic carbocycles. The van der Waals surface area contributed by atoms with Crippen molar-refractivity contribution in [1.29, 1.82) is 5.26 Å². The minimum absolute atomic E-state index is 0.0408. The molecule has 0 aliphatic heterocycles. The van der Waals surface area contributed by atoms with Gasteiger partial charge >= 0.3 is 5.97 Å². The first-order valence-electron chi connectivity index (χ1n) is 4.54. The average molecular weight is 205 g/mol. The number of nitriles is 1. The van der Waals surface area contributed by atoms with Crippen LogP contribution in [0, 0.1) is 11.3 Å². The molecule has 0 bridgehead atoms. The molecular formula is C11H11NO3. The number of carbonyl (C=O) groups is 1. The first-order valence-corrected chi connectivity index (χ1v) is 4.54. The number of aromatic carboxylic acids is 1. The lowest BCUT2D eigenvalue weighted by atomic mass is 9.97. The number of aliphatic hydroxyl groups excluding tert-OH is 1. The first kappa shape index (κ1) is 11.2. The van der Waals surface area contributed by atoms with Crippen LogP contribution in [0.2, 0.25) is 0 Å². The predicted octanol–water partition coefficient (Wildman–Crippen LogP) is 1.31. The smallest absolute Gasteiger partial charge is 0.337 e. The van der Waals surface area contributed by atoms with Crippen LogP contribution in [0.4, 0.5) is 0 Å². The van der Waals surface area contributed by atoms with Gasteiger partial charge in [0.15, 0.2) is 0 Å². The molecule has 0 atom stereocenters. The van der Waals surface area contributed by atoms with Crippen LogP contribution < -0.4 is 0 Å². The lowest BCUT2D eigenvalue weighted by Gasteiger charge is -2.07. The van der Waals surface area contributed by atoms with Crippen molar-refractivity contribution >= 4 is 5.97 Å². The zero-order valence-corrected chi connectivity index (χ0v) is 8.32. The Labute approximate surface area is 87.4 Å². The minimum Gasteiger partial charge on any atom is -0.478 e. The number of nitrogens with zero attached hydrogens (tertiary/aromatic N) is 1. The zero-order valence-electron chi connectivity index (χ0n) is 8.32. The van der Waals surface area contributed by atoms with Crippen LogP contribution >= 0.6 is 0 Å². The fraction of sp³-hybridized carbons (Fsp3) is 0.273. The van der Waals surface area contributed by atoms with E-state index in [1.807, 2.05) is 6.92 Å². The van der Waals surface area contributed by atoms with Crippen LogP contribution in [0.15, 0.2) is 12.1 Å². The summed E-state index contributed by atoms with van der Waals surface area (Å²) < 4.78 is 0. The van der Waals surface area contributed by atoms with Gasteiger partial charge in [-0.1, -0.05) is 13.0 Å². The van der Waals surface area contributed by atoms with Gasteiger partial charge in [0.2, 0.25) is 0 Å². The van der Waals surface area contributed by atoms with Crippen LogP contribution in [0.1, 0.15) is 34.0 Å². The molecule has 0 aromatic heterocycles. The van der Waals surface area contributed by atoms with Gasteiger partial charge in [0, 0.05) is 0 Å². The number of hydrogen-bond donors (Lipinski definition) is 2. The molecule has 0 fully saturated rings. The van der Waals surface area contributed by atoms with Crippen molar-refractivity contribution < 1.29 is 15.0 Å². The number of aliphatic hydroxyl groups is 1. The Kier molecular flexibility index (Phi) is 3.42. The zero-order chi connectivity index (χ0) is 11.4. The molecule has 4 heteroatoms. The summed E-state index contributed by atoms with van der Waals surface area (Å²) in [5.41, 5.74) is 1.17. The summed E-state index contributed by atoms with van der Waals surface area (Å²) >= 11 is 0. The number of rotatable bonds is 3. The summed E-state index contributed by atoms with van der Waals surface area (Å²) in [6.45, 7) is 1.56. The molecular weight excluding hydrogens is 194 g/mol. The van der Waals surface area contributed by atoms with E-state index in [2.05, 4.69) is 0 Å². The molecule has 0 saturated carbocycles. The summed E-state index contributed by atoms with van der Waals surface area (Å²) in [6, 6.07) is 4.94. The number of carboxylic acids is 1. The second kappa shape index (κ2) is 4.58. The Morgan fingerprint density at radius 1 is 1.53 bits per heavy atom. The molecule has 0 saturated heterocycles. The van der Waals surface area contributed by atoms with E-state index in [4.69, 9.17) is 15.5 Å². The molecule has 0 spiro atoms. The Balaban J connectivity index is 3.48. The maximum atomic E-state index is 10.9. The molecule has 2 N–H and O–H groups in total. The van der Waals surface area contributed by atoms with Crippen LogP contribution in [0.3, 0.4) is 0 Å². The van der Waals surface area contributed by atoms with Crippen molar-refractivity contribution in [2.24, 2.45) is 0 Å². The number of benzene rings is 1. The topological polar surface area (TPSA) is 81.3 Å². The lowest BCUT2D eigenvalue weighted by Crippen LogP contribution is -2.05. The van der Waals surface area contributed by atoms with Crippen molar-refractivity contribution in [3.05, 3.63) is 34.4 Å². The first-order chi connectivity index (χ1) is 7.13. The Morgan fingerprint density at radius 2 is 2.20 bits per heavy atom. The second-order valence-corrected chi connectivity index (χ2v) is 3.11. The molecule has 0 amide bonds. The average Bonchev–Trinajstić information content (AvgIpc) is 2.26. The van der Waals surface area contributed by atoms with E-state index in [0.29, 0.717) is 12.0 Å². The van der Waals surface area contributed by atoms with Crippen molar-refractivity contribution in [3.8, 4) is 6.07 Å². The molecule has 1 rings (SSSR count). The highest BCUT2D eigenvalue weighted by molar-refractivity contribution is 5.91. The summed E-state index contributed by atoms with van der Waals surface area (Å²) in [5, 5.41) is 26.8. The molecule has 0 radical (unpaired) electrons. The molecule has 15 heavy (non-hydrogen) atoms. The monoisotopic (exact) mass is 205 g/mol. The third kappa shape index (κ3) is 2.14. The molecule has 0 aliphatic carbocycles. The van der Waals surface area contributed by atoms with E-state index in [1.54, 1.807) is 12.1 Å². The summed E-state index contributed by atoms with van der Waals surface area (Å²) in [6.07, 6.45) is 0.666. The number of aryl methyl sites for hydroxylation is 1. The van der Waals surface area contributed by atoms with Crippen molar-refractivity contribution in [2.45, 2.75) is 20.0 Å². The van der Waals surface area contributed by atoms with Gasteiger partial charge in [0.25, 0.3) is 0 Å². The summed E-state index contributed by atoms with van der Waals surface area (Å²) in [7, 11) is 0. The Bertz CT molecular complexity index is 432. The fourth-order valence-corrected chi connectivity index (χ4v) is 1.40. The van der Waals surface area contributed by atoms with Gasteiger partial charge in [-0.15, -0.1) is 0 Å². The van der Waals surface area contributed by atoms with Gasteiger partial charge in [-0.25, -0.2) is 4.79 Å². The van der Waals surface area contributed by atoms with Gasteiger partial charge in [-0.3, -0.25) is 0 Å². The normalized spacial score (nSPS) is 9.67. The van der Waals surface area contributed by atoms with Gasteiger partial charge < -0.3 is 10.2 Å². The highest BCUT2D eigenvalue weighted by atomic mass is 16.4. The van der Waals surface area contributed by atoms with E-state index in [0.717, 1.165) is 5.56 Å². The third-order valence-corrected chi connectivity index (χ3v) is 2.20. The SMILES string of the molecule is CCc1cc(CO)c(C#N)c(C(=O)O)c1. The molecule has 78 valence electrons. The largest absolute Gasteiger partial charge is 0.478 e. The molecule has 1 aromatic rings. The fourth-order valence-electron chi connectivity index (χ4n) is 1.40. The van der Waals surface area contributed by atoms with Crippen LogP contribution in [-0.2, 0) is 13.0 Å². The standard InChI is InChI=1S/C11H11NO3/c1-2-7-3-8(6-13)10(5-12)9(4-7)11(14)15/h3-4,13H,2,6H2,1H3,(H,14,15). The van der Waals surface area contributed by atoms with Crippen molar-refractivity contribution in [3.63, 3.8) is 0 Å². The summed E-state index contributed by atoms with van der Waals surface area (Å²) in [5.74, 6) is -1.14. The highest BCUT2D eigenvalue weighted by Gasteiger charge is 2.14. The van der Waals surface area contributed by atoms with Gasteiger partial charge in [0.1, 0.15) is 6.07 Å². The maximum absolute atomic E-state index is 10.9. The van der Waals surface area contributed by atoms with Gasteiger partial charge in [0.05, 0.1) is 17.7 Å². The lowest BCUT2D eigenvalue weighted by molar-refractivity contribution is 0.0696. The molecule has 0 unspecified atom stereocenters. The van der Waals surface area contributed by atoms with Crippen molar-refractivity contribution in [2.75, 3.05) is 0 Å². The van der Waals surface area contributed by atoms with Gasteiger partial charge in [-0.05, 0) is 23.6 Å². The molecule has 0 aliphatic rings. The van der Waals surface area contributed by atoms with Crippen molar-refractivity contribution in [1.82, 2.24) is 0 Å². The molecule has 4 nitrogen and oxygen atoms in total. The van der Waals surface area contributed by atoms with Crippen LogP contribution in [-0.4, -0.2) is 16.2 Å². The van der Waals surface area contributed by atoms with Crippen LogP contribution in [0.25, 0.3) is 0 Å². The quantitative estimate of drug-likeness (QED) is 0.779. The van der Waals surface area contributed by atoms with E-state index in [1.165, 1.54) is 6.07 Å². The van der Waals surface area contributed by atoms with Gasteiger partial charge in [-0.2, -0.15) is 5.26 Å². The van der Waals surface area contributed by atoms with E-state index in [9.17, 15) is 4.79 Å². The predicted molar refractivity (Wildman–Crippen MR) is 53.4 cm³/mol. The minimum atomic E-state index is -1.14. The van der Waals surface area contributed by atoms with E-state index in [-0.39, 0.29) is 17.7 Å². The van der Waals surface area contributed by atoms with E-state index >= 15 is 0 Å². The Hall–Kier alpha value is -1.86. The summed E-state index contributed by atoms with van der Waals surface area (Å²) in [4.78, 5) is 10.9. The number of hydrogen-bond acceptors (Lipinski definition) is 3. The third-order valence-electron chi connectivity index (χ3n) is 2.20. The molecule has 0 heterocycles. The highest BCUT2D eigenvalue weighted by Crippen LogP contribution is 2.18. The number of carboxylic acid groups (broad SMARTS) is 1. The Morgan fingerprint density at radius 3 is 2.60 bits per heavy atom. The second-order valence-electron chi connectivity index (χ2n) is 3.11. The maximum Gasteiger partial charge on any atom is 0.337 e.